The molecule has 1 heterocycles. The number of pyridine rings is 1. The molecular weight excluding hydrogens is 386 g/mol. The smallest absolute Gasteiger partial charge is 0.255 e. The number of hydrogen-bond acceptors (Lipinski definition) is 4. The SMILES string of the molecule is CN(C)S(=O)(=O)c1ccc(C(=O)Nc2cccc(C#Cc3ccccn3)c2)cc1. The van der Waals surface area contributed by atoms with Crippen molar-refractivity contribution in [2.45, 2.75) is 4.90 Å². The number of nitrogens with one attached hydrogen (secondary N) is 1. The Labute approximate surface area is 170 Å². The van der Waals surface area contributed by atoms with Gasteiger partial charge in [-0.05, 0) is 60.5 Å². The van der Waals surface area contributed by atoms with Crippen LogP contribution < -0.4 is 5.32 Å². The summed E-state index contributed by atoms with van der Waals surface area (Å²) in [6.07, 6.45) is 1.68. The summed E-state index contributed by atoms with van der Waals surface area (Å²) >= 11 is 0. The highest BCUT2D eigenvalue weighted by Gasteiger charge is 2.17. The van der Waals surface area contributed by atoms with Crippen molar-refractivity contribution in [2.75, 3.05) is 19.4 Å². The molecule has 0 bridgehead atoms. The van der Waals surface area contributed by atoms with Gasteiger partial charge in [-0.25, -0.2) is 17.7 Å². The molecule has 3 aromatic rings. The predicted octanol–water partition coefficient (Wildman–Crippen LogP) is 2.98. The van der Waals surface area contributed by atoms with E-state index in [1.54, 1.807) is 24.4 Å². The molecule has 7 heteroatoms. The van der Waals surface area contributed by atoms with Gasteiger partial charge in [0.25, 0.3) is 5.91 Å². The van der Waals surface area contributed by atoms with Crippen molar-refractivity contribution in [3.05, 3.63) is 89.7 Å². The highest BCUT2D eigenvalue weighted by atomic mass is 32.2. The van der Waals surface area contributed by atoms with E-state index in [-0.39, 0.29) is 10.8 Å². The summed E-state index contributed by atoms with van der Waals surface area (Å²) in [5, 5.41) is 2.80. The van der Waals surface area contributed by atoms with Crippen molar-refractivity contribution in [3.8, 4) is 11.8 Å². The van der Waals surface area contributed by atoms with Gasteiger partial charge in [0.15, 0.2) is 0 Å². The van der Waals surface area contributed by atoms with Crippen LogP contribution in [0.2, 0.25) is 0 Å². The summed E-state index contributed by atoms with van der Waals surface area (Å²) in [7, 11) is -0.616. The second-order valence-corrected chi connectivity index (χ2v) is 8.46. The Morgan fingerprint density at radius 3 is 2.38 bits per heavy atom. The van der Waals surface area contributed by atoms with Crippen LogP contribution in [0.3, 0.4) is 0 Å². The van der Waals surface area contributed by atoms with Gasteiger partial charge in [0.1, 0.15) is 5.69 Å². The lowest BCUT2D eigenvalue weighted by atomic mass is 10.1. The lowest BCUT2D eigenvalue weighted by Gasteiger charge is -2.11. The first kappa shape index (κ1) is 20.3. The summed E-state index contributed by atoms with van der Waals surface area (Å²) in [6, 6.07) is 18.5. The average Bonchev–Trinajstić information content (AvgIpc) is 2.73. The lowest BCUT2D eigenvalue weighted by molar-refractivity contribution is 0.102. The van der Waals surface area contributed by atoms with Gasteiger partial charge in [-0.2, -0.15) is 0 Å². The fraction of sp³-hybridized carbons (Fsp3) is 0.0909. The maximum absolute atomic E-state index is 12.5. The van der Waals surface area contributed by atoms with Crippen molar-refractivity contribution in [1.82, 2.24) is 9.29 Å². The van der Waals surface area contributed by atoms with Crippen LogP contribution in [-0.2, 0) is 10.0 Å². The number of aromatic nitrogens is 1. The number of amides is 1. The Morgan fingerprint density at radius 1 is 0.966 bits per heavy atom. The number of carbonyl (C=O) groups excluding carboxylic acids is 1. The van der Waals surface area contributed by atoms with Crippen LogP contribution in [0.5, 0.6) is 0 Å². The summed E-state index contributed by atoms with van der Waals surface area (Å²) in [5.41, 5.74) is 2.34. The van der Waals surface area contributed by atoms with Crippen molar-refractivity contribution in [2.24, 2.45) is 0 Å². The van der Waals surface area contributed by atoms with E-state index in [4.69, 9.17) is 0 Å². The monoisotopic (exact) mass is 405 g/mol. The topological polar surface area (TPSA) is 79.4 Å². The number of benzene rings is 2. The van der Waals surface area contributed by atoms with Crippen LogP contribution in [0.1, 0.15) is 21.6 Å². The van der Waals surface area contributed by atoms with E-state index in [0.29, 0.717) is 16.9 Å². The zero-order chi connectivity index (χ0) is 20.9. The Bertz CT molecular complexity index is 1180. The Hall–Kier alpha value is -3.47. The molecule has 0 radical (unpaired) electrons. The van der Waals surface area contributed by atoms with Gasteiger partial charge in [0.05, 0.1) is 4.90 Å². The molecule has 146 valence electrons. The fourth-order valence-corrected chi connectivity index (χ4v) is 3.34. The zero-order valence-corrected chi connectivity index (χ0v) is 16.8. The summed E-state index contributed by atoms with van der Waals surface area (Å²) < 4.78 is 25.4. The highest BCUT2D eigenvalue weighted by Crippen LogP contribution is 2.16. The van der Waals surface area contributed by atoms with Crippen molar-refractivity contribution < 1.29 is 13.2 Å². The summed E-state index contributed by atoms with van der Waals surface area (Å²) in [4.78, 5) is 16.8. The molecule has 3 rings (SSSR count). The molecule has 0 aliphatic rings. The number of sulfonamides is 1. The standard InChI is InChI=1S/C22H19N3O3S/c1-25(2)29(27,28)21-13-10-18(11-14-21)22(26)24-20-8-5-6-17(16-20)9-12-19-7-3-4-15-23-19/h3-8,10-11,13-16H,1-2H3,(H,24,26). The van der Waals surface area contributed by atoms with Crippen molar-refractivity contribution in [1.29, 1.82) is 0 Å². The highest BCUT2D eigenvalue weighted by molar-refractivity contribution is 7.89. The first-order chi connectivity index (χ1) is 13.9. The maximum atomic E-state index is 12.5. The van der Waals surface area contributed by atoms with Gasteiger partial charge < -0.3 is 5.32 Å². The molecule has 0 aliphatic carbocycles. The quantitative estimate of drug-likeness (QED) is 0.677. The van der Waals surface area contributed by atoms with Crippen molar-refractivity contribution >= 4 is 21.6 Å². The van der Waals surface area contributed by atoms with Gasteiger partial charge in [0, 0.05) is 37.1 Å². The molecular formula is C22H19N3O3S. The maximum Gasteiger partial charge on any atom is 0.255 e. The Morgan fingerprint density at radius 2 is 1.72 bits per heavy atom. The molecule has 0 aliphatic heterocycles. The summed E-state index contributed by atoms with van der Waals surface area (Å²) in [6.45, 7) is 0. The minimum absolute atomic E-state index is 0.130. The van der Waals surface area contributed by atoms with Gasteiger partial charge in [0.2, 0.25) is 10.0 Å². The van der Waals surface area contributed by atoms with Gasteiger partial charge in [-0.15, -0.1) is 0 Å². The first-order valence-electron chi connectivity index (χ1n) is 8.73. The van der Waals surface area contributed by atoms with E-state index in [0.717, 1.165) is 9.87 Å². The number of anilines is 1. The lowest BCUT2D eigenvalue weighted by Crippen LogP contribution is -2.22. The minimum atomic E-state index is -3.53. The van der Waals surface area contributed by atoms with Crippen LogP contribution in [0.4, 0.5) is 5.69 Å². The third-order valence-electron chi connectivity index (χ3n) is 4.02. The predicted molar refractivity (Wildman–Crippen MR) is 112 cm³/mol. The van der Waals surface area contributed by atoms with Crippen LogP contribution in [0.15, 0.2) is 77.8 Å². The molecule has 29 heavy (non-hydrogen) atoms. The van der Waals surface area contributed by atoms with Gasteiger partial charge >= 0.3 is 0 Å². The molecule has 6 nitrogen and oxygen atoms in total. The van der Waals surface area contributed by atoms with E-state index >= 15 is 0 Å². The number of rotatable bonds is 4. The van der Waals surface area contributed by atoms with E-state index in [1.807, 2.05) is 24.3 Å². The van der Waals surface area contributed by atoms with Crippen LogP contribution in [-0.4, -0.2) is 37.7 Å². The van der Waals surface area contributed by atoms with Crippen LogP contribution in [0.25, 0.3) is 0 Å². The molecule has 0 unspecified atom stereocenters. The summed E-state index contributed by atoms with van der Waals surface area (Å²) in [5.74, 6) is 5.64. The average molecular weight is 405 g/mol. The Balaban J connectivity index is 1.74. The molecule has 0 saturated heterocycles. The van der Waals surface area contributed by atoms with Crippen LogP contribution >= 0.6 is 0 Å². The van der Waals surface area contributed by atoms with E-state index < -0.39 is 10.0 Å². The molecule has 1 N–H and O–H groups in total. The largest absolute Gasteiger partial charge is 0.322 e. The normalized spacial score (nSPS) is 10.9. The molecule has 0 spiro atoms. The second-order valence-electron chi connectivity index (χ2n) is 6.31. The second kappa shape index (κ2) is 8.69. The van der Waals surface area contributed by atoms with Crippen molar-refractivity contribution in [3.63, 3.8) is 0 Å². The van der Waals surface area contributed by atoms with E-state index in [1.165, 1.54) is 38.4 Å². The third-order valence-corrected chi connectivity index (χ3v) is 5.84. The van der Waals surface area contributed by atoms with E-state index in [2.05, 4.69) is 22.1 Å². The van der Waals surface area contributed by atoms with E-state index in [9.17, 15) is 13.2 Å². The molecule has 0 saturated carbocycles. The molecule has 1 amide bonds. The number of carbonyl (C=O) groups is 1. The molecule has 0 atom stereocenters. The first-order valence-corrected chi connectivity index (χ1v) is 10.2. The molecule has 2 aromatic carbocycles. The fourth-order valence-electron chi connectivity index (χ4n) is 2.44. The number of hydrogen-bond donors (Lipinski definition) is 1. The Kier molecular flexibility index (Phi) is 6.07. The number of nitrogens with zero attached hydrogens (tertiary/aromatic N) is 2. The molecule has 0 fully saturated rings. The van der Waals surface area contributed by atoms with Gasteiger partial charge in [-0.3, -0.25) is 4.79 Å². The third kappa shape index (κ3) is 5.08. The van der Waals surface area contributed by atoms with Crippen LogP contribution in [0, 0.1) is 11.8 Å². The van der Waals surface area contributed by atoms with Gasteiger partial charge in [-0.1, -0.05) is 18.1 Å². The molecule has 1 aromatic heterocycles. The zero-order valence-electron chi connectivity index (χ0n) is 16.0. The minimum Gasteiger partial charge on any atom is -0.322 e.